The number of carbonyl (C=O) groups is 1. The number of para-hydroxylation sites is 1. The molecule has 1 aliphatic rings. The standard InChI is InChI=1S/C27H25ClN4O2S/c28-21-12-10-19(11-13-21)26-30-25(34-31-26)18-32-16-14-20(15-17-32)27(33)29-23-8-4-5-9-24(23)35-22-6-2-1-3-7-22/h1-13,20H,14-18H2,(H,29,33). The van der Waals surface area contributed by atoms with Crippen LogP contribution in [0.4, 0.5) is 5.69 Å². The highest BCUT2D eigenvalue weighted by Gasteiger charge is 2.26. The first-order valence-electron chi connectivity index (χ1n) is 11.6. The number of likely N-dealkylation sites (tertiary alicyclic amines) is 1. The fourth-order valence-corrected chi connectivity index (χ4v) is 5.14. The summed E-state index contributed by atoms with van der Waals surface area (Å²) in [5.41, 5.74) is 1.72. The molecule has 2 heterocycles. The van der Waals surface area contributed by atoms with Crippen LogP contribution in [0.5, 0.6) is 0 Å². The fraction of sp³-hybridized carbons (Fsp3) is 0.222. The lowest BCUT2D eigenvalue weighted by atomic mass is 9.96. The number of nitrogens with zero attached hydrogens (tertiary/aromatic N) is 3. The van der Waals surface area contributed by atoms with Crippen molar-refractivity contribution in [3.8, 4) is 11.4 Å². The molecule has 1 amide bonds. The van der Waals surface area contributed by atoms with Crippen molar-refractivity contribution in [3.05, 3.63) is 89.8 Å². The van der Waals surface area contributed by atoms with E-state index in [0.29, 0.717) is 23.3 Å². The van der Waals surface area contributed by atoms with E-state index in [4.69, 9.17) is 16.1 Å². The molecule has 1 aromatic heterocycles. The third-order valence-electron chi connectivity index (χ3n) is 6.00. The maximum atomic E-state index is 13.0. The summed E-state index contributed by atoms with van der Waals surface area (Å²) in [6.07, 6.45) is 1.58. The maximum Gasteiger partial charge on any atom is 0.241 e. The molecule has 1 N–H and O–H groups in total. The van der Waals surface area contributed by atoms with Gasteiger partial charge in [-0.2, -0.15) is 4.98 Å². The van der Waals surface area contributed by atoms with Crippen LogP contribution < -0.4 is 5.32 Å². The van der Waals surface area contributed by atoms with Crippen LogP contribution in [0.25, 0.3) is 11.4 Å². The monoisotopic (exact) mass is 504 g/mol. The Balaban J connectivity index is 1.14. The molecular weight excluding hydrogens is 480 g/mol. The van der Waals surface area contributed by atoms with Gasteiger partial charge in [0, 0.05) is 26.3 Å². The number of aromatic nitrogens is 2. The summed E-state index contributed by atoms with van der Waals surface area (Å²) in [6.45, 7) is 2.18. The van der Waals surface area contributed by atoms with Gasteiger partial charge in [-0.15, -0.1) is 0 Å². The Morgan fingerprint density at radius 2 is 1.71 bits per heavy atom. The average Bonchev–Trinajstić information content (AvgIpc) is 3.35. The highest BCUT2D eigenvalue weighted by molar-refractivity contribution is 7.99. The number of nitrogens with one attached hydrogen (secondary N) is 1. The first kappa shape index (κ1) is 23.6. The second-order valence-electron chi connectivity index (χ2n) is 8.47. The molecule has 178 valence electrons. The molecule has 6 nitrogen and oxygen atoms in total. The Bertz CT molecular complexity index is 1270. The summed E-state index contributed by atoms with van der Waals surface area (Å²) in [7, 11) is 0. The first-order valence-corrected chi connectivity index (χ1v) is 12.8. The van der Waals surface area contributed by atoms with E-state index in [9.17, 15) is 4.79 Å². The van der Waals surface area contributed by atoms with Crippen molar-refractivity contribution in [3.63, 3.8) is 0 Å². The van der Waals surface area contributed by atoms with E-state index in [2.05, 4.69) is 32.5 Å². The molecule has 8 heteroatoms. The minimum absolute atomic E-state index is 0.0201. The Hall–Kier alpha value is -3.13. The van der Waals surface area contributed by atoms with E-state index in [1.165, 1.54) is 0 Å². The smallest absolute Gasteiger partial charge is 0.241 e. The molecule has 0 spiro atoms. The zero-order valence-electron chi connectivity index (χ0n) is 19.1. The lowest BCUT2D eigenvalue weighted by molar-refractivity contribution is -0.121. The molecular formula is C27H25ClN4O2S. The van der Waals surface area contributed by atoms with Crippen LogP contribution in [0, 0.1) is 5.92 Å². The third kappa shape index (κ3) is 6.11. The van der Waals surface area contributed by atoms with Gasteiger partial charge < -0.3 is 9.84 Å². The molecule has 0 aliphatic carbocycles. The molecule has 3 aromatic carbocycles. The van der Waals surface area contributed by atoms with Crippen LogP contribution >= 0.6 is 23.4 Å². The molecule has 1 saturated heterocycles. The van der Waals surface area contributed by atoms with Gasteiger partial charge in [0.05, 0.1) is 12.2 Å². The van der Waals surface area contributed by atoms with E-state index in [1.54, 1.807) is 11.8 Å². The van der Waals surface area contributed by atoms with Crippen LogP contribution in [0.3, 0.4) is 0 Å². The number of hydrogen-bond acceptors (Lipinski definition) is 6. The van der Waals surface area contributed by atoms with Gasteiger partial charge in [0.2, 0.25) is 17.6 Å². The third-order valence-corrected chi connectivity index (χ3v) is 7.34. The minimum atomic E-state index is -0.0201. The predicted molar refractivity (Wildman–Crippen MR) is 138 cm³/mol. The second-order valence-corrected chi connectivity index (χ2v) is 10.0. The number of carbonyl (C=O) groups excluding carboxylic acids is 1. The van der Waals surface area contributed by atoms with E-state index >= 15 is 0 Å². The number of halogens is 1. The minimum Gasteiger partial charge on any atom is -0.338 e. The van der Waals surface area contributed by atoms with Crippen molar-refractivity contribution in [2.75, 3.05) is 18.4 Å². The number of piperidine rings is 1. The van der Waals surface area contributed by atoms with Gasteiger partial charge in [-0.25, -0.2) is 0 Å². The molecule has 0 saturated carbocycles. The molecule has 35 heavy (non-hydrogen) atoms. The Labute approximate surface area is 213 Å². The van der Waals surface area contributed by atoms with Crippen LogP contribution in [0.2, 0.25) is 5.02 Å². The average molecular weight is 505 g/mol. The van der Waals surface area contributed by atoms with Gasteiger partial charge >= 0.3 is 0 Å². The maximum absolute atomic E-state index is 13.0. The van der Waals surface area contributed by atoms with Crippen molar-refractivity contribution in [2.24, 2.45) is 5.92 Å². The molecule has 1 aliphatic heterocycles. The van der Waals surface area contributed by atoms with Crippen LogP contribution in [0.1, 0.15) is 18.7 Å². The van der Waals surface area contributed by atoms with Crippen LogP contribution in [-0.2, 0) is 11.3 Å². The highest BCUT2D eigenvalue weighted by Crippen LogP contribution is 2.34. The van der Waals surface area contributed by atoms with Crippen molar-refractivity contribution in [2.45, 2.75) is 29.2 Å². The lowest BCUT2D eigenvalue weighted by Gasteiger charge is -2.30. The molecule has 0 atom stereocenters. The Kier molecular flexibility index (Phi) is 7.47. The van der Waals surface area contributed by atoms with Gasteiger partial charge in [0.15, 0.2) is 0 Å². The van der Waals surface area contributed by atoms with Crippen molar-refractivity contribution in [1.29, 1.82) is 0 Å². The van der Waals surface area contributed by atoms with Crippen molar-refractivity contribution >= 4 is 35.0 Å². The van der Waals surface area contributed by atoms with Gasteiger partial charge in [-0.05, 0) is 74.5 Å². The lowest BCUT2D eigenvalue weighted by Crippen LogP contribution is -2.37. The summed E-state index contributed by atoms with van der Waals surface area (Å²) >= 11 is 7.61. The number of benzene rings is 3. The van der Waals surface area contributed by atoms with E-state index in [0.717, 1.165) is 47.0 Å². The zero-order chi connectivity index (χ0) is 24.0. The van der Waals surface area contributed by atoms with E-state index in [-0.39, 0.29) is 11.8 Å². The van der Waals surface area contributed by atoms with Gasteiger partial charge in [-0.3, -0.25) is 9.69 Å². The zero-order valence-corrected chi connectivity index (χ0v) is 20.6. The first-order chi connectivity index (χ1) is 17.1. The topological polar surface area (TPSA) is 71.3 Å². The van der Waals surface area contributed by atoms with E-state index in [1.807, 2.05) is 66.7 Å². The predicted octanol–water partition coefficient (Wildman–Crippen LogP) is 6.39. The summed E-state index contributed by atoms with van der Waals surface area (Å²) in [5, 5.41) is 7.92. The highest BCUT2D eigenvalue weighted by atomic mass is 35.5. The Morgan fingerprint density at radius 1 is 1.00 bits per heavy atom. The molecule has 0 bridgehead atoms. The summed E-state index contributed by atoms with van der Waals surface area (Å²) in [5.74, 6) is 1.18. The number of amides is 1. The summed E-state index contributed by atoms with van der Waals surface area (Å²) in [6, 6.07) is 25.5. The molecule has 0 unspecified atom stereocenters. The molecule has 5 rings (SSSR count). The largest absolute Gasteiger partial charge is 0.338 e. The quantitative estimate of drug-likeness (QED) is 0.314. The van der Waals surface area contributed by atoms with Crippen LogP contribution in [-0.4, -0.2) is 34.0 Å². The fourth-order valence-electron chi connectivity index (χ4n) is 4.09. The van der Waals surface area contributed by atoms with Crippen LogP contribution in [0.15, 0.2) is 93.2 Å². The second kappa shape index (κ2) is 11.1. The van der Waals surface area contributed by atoms with Crippen molar-refractivity contribution in [1.82, 2.24) is 15.0 Å². The molecule has 0 radical (unpaired) electrons. The Morgan fingerprint density at radius 3 is 2.49 bits per heavy atom. The van der Waals surface area contributed by atoms with Gasteiger partial charge in [0.1, 0.15) is 0 Å². The van der Waals surface area contributed by atoms with Gasteiger partial charge in [-0.1, -0.05) is 58.9 Å². The SMILES string of the molecule is O=C(Nc1ccccc1Sc1ccccc1)C1CCN(Cc2nc(-c3ccc(Cl)cc3)no2)CC1. The van der Waals surface area contributed by atoms with Crippen molar-refractivity contribution < 1.29 is 9.32 Å². The number of anilines is 1. The number of rotatable bonds is 7. The van der Waals surface area contributed by atoms with Gasteiger partial charge in [0.25, 0.3) is 0 Å². The molecule has 4 aromatic rings. The normalized spacial score (nSPS) is 14.7. The number of hydrogen-bond donors (Lipinski definition) is 1. The summed E-state index contributed by atoms with van der Waals surface area (Å²) < 4.78 is 5.45. The molecule has 1 fully saturated rings. The summed E-state index contributed by atoms with van der Waals surface area (Å²) in [4.78, 5) is 22.0. The van der Waals surface area contributed by atoms with E-state index < -0.39 is 0 Å².